The summed E-state index contributed by atoms with van der Waals surface area (Å²) in [4.78, 5) is 2.45. The predicted molar refractivity (Wildman–Crippen MR) is 94.1 cm³/mol. The smallest absolute Gasteiger partial charge is 0.200 e. The Balaban J connectivity index is 2.04. The summed E-state index contributed by atoms with van der Waals surface area (Å²) in [6, 6.07) is 14.6. The van der Waals surface area contributed by atoms with Crippen molar-refractivity contribution in [2.24, 2.45) is 5.10 Å². The molecule has 2 rings (SSSR count). The molecule has 0 spiro atoms. The van der Waals surface area contributed by atoms with E-state index in [1.807, 2.05) is 25.1 Å². The zero-order valence-corrected chi connectivity index (χ0v) is 14.3. The Morgan fingerprint density at radius 2 is 1.87 bits per heavy atom. The molecule has 5 heteroatoms. The van der Waals surface area contributed by atoms with Gasteiger partial charge in [-0.3, -0.25) is 0 Å². The zero-order chi connectivity index (χ0) is 16.7. The van der Waals surface area contributed by atoms with E-state index in [0.717, 1.165) is 30.4 Å². The molecular formula is C18H22N2O2S. The van der Waals surface area contributed by atoms with E-state index >= 15 is 0 Å². The minimum atomic E-state index is -3.62. The lowest BCUT2D eigenvalue weighted by atomic mass is 10.1. The van der Waals surface area contributed by atoms with Crippen molar-refractivity contribution in [3.8, 4) is 0 Å². The Morgan fingerprint density at radius 1 is 1.13 bits per heavy atom. The normalized spacial score (nSPS) is 11.7. The van der Waals surface area contributed by atoms with Crippen LogP contribution in [0.15, 0.2) is 58.5 Å². The summed E-state index contributed by atoms with van der Waals surface area (Å²) < 4.78 is 24.2. The molecule has 0 unspecified atom stereocenters. The number of benzene rings is 2. The van der Waals surface area contributed by atoms with E-state index in [1.54, 1.807) is 24.3 Å². The van der Waals surface area contributed by atoms with Crippen molar-refractivity contribution in [3.63, 3.8) is 0 Å². The first-order chi connectivity index (χ1) is 11.0. The fourth-order valence-electron chi connectivity index (χ4n) is 2.15. The number of unbranched alkanes of at least 4 members (excludes halogenated alkanes) is 1. The number of aryl methyl sites for hydroxylation is 2. The molecule has 2 aromatic rings. The SMILES string of the molecule is CCCCc1cccc(/C=N/NS(=O)(=O)c2ccc(C)cc2)c1. The summed E-state index contributed by atoms with van der Waals surface area (Å²) in [6.07, 6.45) is 4.84. The third kappa shape index (κ3) is 5.21. The van der Waals surface area contributed by atoms with Crippen LogP contribution in [0.3, 0.4) is 0 Å². The Bertz CT molecular complexity index is 766. The second-order valence-electron chi connectivity index (χ2n) is 5.51. The van der Waals surface area contributed by atoms with Crippen LogP contribution in [0.2, 0.25) is 0 Å². The quantitative estimate of drug-likeness (QED) is 0.622. The number of hydrogen-bond donors (Lipinski definition) is 1. The molecule has 0 bridgehead atoms. The van der Waals surface area contributed by atoms with E-state index in [2.05, 4.69) is 22.9 Å². The first-order valence-corrected chi connectivity index (χ1v) is 9.20. The number of nitrogens with one attached hydrogen (secondary N) is 1. The highest BCUT2D eigenvalue weighted by atomic mass is 32.2. The van der Waals surface area contributed by atoms with Crippen molar-refractivity contribution in [1.82, 2.24) is 4.83 Å². The lowest BCUT2D eigenvalue weighted by Crippen LogP contribution is -2.18. The van der Waals surface area contributed by atoms with E-state index in [0.29, 0.717) is 0 Å². The van der Waals surface area contributed by atoms with Crippen LogP contribution >= 0.6 is 0 Å². The molecule has 4 nitrogen and oxygen atoms in total. The van der Waals surface area contributed by atoms with Crippen molar-refractivity contribution in [2.75, 3.05) is 0 Å². The lowest BCUT2D eigenvalue weighted by molar-refractivity contribution is 0.584. The fourth-order valence-corrected chi connectivity index (χ4v) is 2.94. The average molecular weight is 330 g/mol. The van der Waals surface area contributed by atoms with Crippen LogP contribution in [0.25, 0.3) is 0 Å². The van der Waals surface area contributed by atoms with Gasteiger partial charge in [-0.1, -0.05) is 55.3 Å². The largest absolute Gasteiger partial charge is 0.276 e. The molecule has 0 heterocycles. The molecule has 0 aliphatic rings. The molecule has 0 radical (unpaired) electrons. The first-order valence-electron chi connectivity index (χ1n) is 7.72. The van der Waals surface area contributed by atoms with Crippen LogP contribution in [0.4, 0.5) is 0 Å². The number of sulfonamides is 1. The van der Waals surface area contributed by atoms with Gasteiger partial charge in [-0.05, 0) is 43.0 Å². The maximum absolute atomic E-state index is 12.1. The van der Waals surface area contributed by atoms with Gasteiger partial charge in [0.15, 0.2) is 0 Å². The molecule has 0 fully saturated rings. The van der Waals surface area contributed by atoms with E-state index < -0.39 is 10.0 Å². The van der Waals surface area contributed by atoms with Crippen LogP contribution in [-0.2, 0) is 16.4 Å². The van der Waals surface area contributed by atoms with Crippen molar-refractivity contribution in [1.29, 1.82) is 0 Å². The second kappa shape index (κ2) is 7.92. The van der Waals surface area contributed by atoms with Crippen molar-refractivity contribution in [2.45, 2.75) is 38.0 Å². The number of hydrogen-bond acceptors (Lipinski definition) is 3. The minimum Gasteiger partial charge on any atom is -0.200 e. The van der Waals surface area contributed by atoms with Gasteiger partial charge in [-0.25, -0.2) is 4.83 Å². The van der Waals surface area contributed by atoms with Crippen molar-refractivity contribution >= 4 is 16.2 Å². The molecule has 0 amide bonds. The topological polar surface area (TPSA) is 58.5 Å². The lowest BCUT2D eigenvalue weighted by Gasteiger charge is -2.04. The van der Waals surface area contributed by atoms with E-state index in [4.69, 9.17) is 0 Å². The van der Waals surface area contributed by atoms with Crippen LogP contribution in [0.5, 0.6) is 0 Å². The van der Waals surface area contributed by atoms with E-state index in [9.17, 15) is 8.42 Å². The highest BCUT2D eigenvalue weighted by molar-refractivity contribution is 7.89. The summed E-state index contributed by atoms with van der Waals surface area (Å²) in [5.41, 5.74) is 3.12. The van der Waals surface area contributed by atoms with Gasteiger partial charge >= 0.3 is 0 Å². The predicted octanol–water partition coefficient (Wildman–Crippen LogP) is 3.65. The molecule has 122 valence electrons. The zero-order valence-electron chi connectivity index (χ0n) is 13.5. The van der Waals surface area contributed by atoms with Gasteiger partial charge in [0.2, 0.25) is 0 Å². The van der Waals surface area contributed by atoms with Crippen LogP contribution in [0, 0.1) is 6.92 Å². The standard InChI is InChI=1S/C18H22N2O2S/c1-3-4-6-16-7-5-8-17(13-16)14-19-20-23(21,22)18-11-9-15(2)10-12-18/h5,7-14,20H,3-4,6H2,1-2H3/b19-14+. The summed E-state index contributed by atoms with van der Waals surface area (Å²) in [7, 11) is -3.62. The maximum Gasteiger partial charge on any atom is 0.276 e. The molecule has 0 atom stereocenters. The monoisotopic (exact) mass is 330 g/mol. The molecule has 0 aliphatic carbocycles. The minimum absolute atomic E-state index is 0.206. The van der Waals surface area contributed by atoms with Gasteiger partial charge in [-0.2, -0.15) is 13.5 Å². The Kier molecular flexibility index (Phi) is 5.93. The summed E-state index contributed by atoms with van der Waals surface area (Å²) in [5.74, 6) is 0. The van der Waals surface area contributed by atoms with E-state index in [-0.39, 0.29) is 4.90 Å². The highest BCUT2D eigenvalue weighted by Gasteiger charge is 2.11. The van der Waals surface area contributed by atoms with Gasteiger partial charge in [-0.15, -0.1) is 0 Å². The molecule has 2 aromatic carbocycles. The molecular weight excluding hydrogens is 308 g/mol. The third-order valence-corrected chi connectivity index (χ3v) is 4.73. The Hall–Kier alpha value is -2.14. The maximum atomic E-state index is 12.1. The summed E-state index contributed by atoms with van der Waals surface area (Å²) >= 11 is 0. The number of nitrogens with zero attached hydrogens (tertiary/aromatic N) is 1. The summed E-state index contributed by atoms with van der Waals surface area (Å²) in [5, 5.41) is 3.87. The van der Waals surface area contributed by atoms with Crippen LogP contribution in [-0.4, -0.2) is 14.6 Å². The van der Waals surface area contributed by atoms with Crippen LogP contribution in [0.1, 0.15) is 36.5 Å². The second-order valence-corrected chi connectivity index (χ2v) is 7.18. The molecule has 0 aromatic heterocycles. The summed E-state index contributed by atoms with van der Waals surface area (Å²) in [6.45, 7) is 4.07. The van der Waals surface area contributed by atoms with Crippen molar-refractivity contribution < 1.29 is 8.42 Å². The third-order valence-electron chi connectivity index (χ3n) is 3.49. The Morgan fingerprint density at radius 3 is 2.57 bits per heavy atom. The molecule has 0 saturated carbocycles. The molecule has 23 heavy (non-hydrogen) atoms. The fraction of sp³-hybridized carbons (Fsp3) is 0.278. The average Bonchev–Trinajstić information content (AvgIpc) is 2.53. The molecule has 0 aliphatic heterocycles. The van der Waals surface area contributed by atoms with E-state index in [1.165, 1.54) is 11.8 Å². The molecule has 1 N–H and O–H groups in total. The number of rotatable bonds is 7. The number of hydrazone groups is 1. The van der Waals surface area contributed by atoms with Gasteiger partial charge in [0.05, 0.1) is 11.1 Å². The van der Waals surface area contributed by atoms with Crippen LogP contribution < -0.4 is 4.83 Å². The van der Waals surface area contributed by atoms with Gasteiger partial charge < -0.3 is 0 Å². The van der Waals surface area contributed by atoms with Gasteiger partial charge in [0.25, 0.3) is 10.0 Å². The first kappa shape index (κ1) is 17.2. The van der Waals surface area contributed by atoms with Crippen molar-refractivity contribution in [3.05, 3.63) is 65.2 Å². The van der Waals surface area contributed by atoms with Gasteiger partial charge in [0, 0.05) is 0 Å². The van der Waals surface area contributed by atoms with Gasteiger partial charge in [0.1, 0.15) is 0 Å². The Labute approximate surface area is 138 Å². The highest BCUT2D eigenvalue weighted by Crippen LogP contribution is 2.10. The molecule has 0 saturated heterocycles.